The normalized spacial score (nSPS) is 29.0. The molecule has 0 aromatic heterocycles. The molecular weight excluding hydrogens is 321 g/mol. The highest BCUT2D eigenvalue weighted by Gasteiger charge is 2.48. The van der Waals surface area contributed by atoms with E-state index in [1.54, 1.807) is 0 Å². The van der Waals surface area contributed by atoms with E-state index in [2.05, 4.69) is 0 Å². The van der Waals surface area contributed by atoms with Crippen molar-refractivity contribution >= 4 is 5.69 Å². The molecule has 1 aromatic carbocycles. The van der Waals surface area contributed by atoms with Gasteiger partial charge >= 0.3 is 5.69 Å². The molecule has 24 heavy (non-hydrogen) atoms. The van der Waals surface area contributed by atoms with Crippen LogP contribution < -0.4 is 4.74 Å². The summed E-state index contributed by atoms with van der Waals surface area (Å²) in [6.45, 7) is 4.91. The quantitative estimate of drug-likeness (QED) is 0.583. The number of nitro groups is 1. The number of fused-ring (bicyclic) bond motifs is 1. The van der Waals surface area contributed by atoms with Gasteiger partial charge in [-0.1, -0.05) is 0 Å². The number of nitro benzene ring substituents is 1. The molecule has 3 rings (SSSR count). The summed E-state index contributed by atoms with van der Waals surface area (Å²) in [5.74, 6) is -0.756. The lowest BCUT2D eigenvalue weighted by Gasteiger charge is -2.19. The van der Waals surface area contributed by atoms with Gasteiger partial charge in [0, 0.05) is 18.1 Å². The number of ether oxygens (including phenoxy) is 4. The van der Waals surface area contributed by atoms with Crippen molar-refractivity contribution in [1.82, 2.24) is 0 Å². The first-order chi connectivity index (χ1) is 11.5. The first-order valence-electron chi connectivity index (χ1n) is 7.91. The lowest BCUT2D eigenvalue weighted by molar-refractivity contribution is -0.386. The second-order valence-corrected chi connectivity index (χ2v) is 6.26. The third kappa shape index (κ3) is 3.50. The summed E-state index contributed by atoms with van der Waals surface area (Å²) in [5, 5.41) is 11.0. The Labute approximate surface area is 138 Å². The average molecular weight is 341 g/mol. The van der Waals surface area contributed by atoms with Crippen LogP contribution in [0, 0.1) is 21.8 Å². The van der Waals surface area contributed by atoms with Crippen LogP contribution in [0.2, 0.25) is 0 Å². The van der Waals surface area contributed by atoms with Crippen LogP contribution in [0.3, 0.4) is 0 Å². The molecule has 2 heterocycles. The zero-order valence-electron chi connectivity index (χ0n) is 13.5. The van der Waals surface area contributed by atoms with Gasteiger partial charge in [-0.2, -0.15) is 0 Å². The van der Waals surface area contributed by atoms with E-state index in [0.717, 1.165) is 18.2 Å². The first kappa shape index (κ1) is 17.1. The maximum Gasteiger partial charge on any atom is 0.311 e. The van der Waals surface area contributed by atoms with E-state index in [9.17, 15) is 14.5 Å². The monoisotopic (exact) mass is 341 g/mol. The fraction of sp³-hybridized carbons (Fsp3) is 0.625. The van der Waals surface area contributed by atoms with Crippen molar-refractivity contribution in [1.29, 1.82) is 0 Å². The molecule has 0 amide bonds. The van der Waals surface area contributed by atoms with Crippen LogP contribution in [0.5, 0.6) is 5.75 Å². The highest BCUT2D eigenvalue weighted by atomic mass is 19.1. The van der Waals surface area contributed by atoms with Gasteiger partial charge in [0.15, 0.2) is 5.75 Å². The molecule has 0 aliphatic carbocycles. The number of hydrogen-bond donors (Lipinski definition) is 0. The second-order valence-electron chi connectivity index (χ2n) is 6.26. The molecule has 2 saturated heterocycles. The molecule has 0 spiro atoms. The van der Waals surface area contributed by atoms with Gasteiger partial charge < -0.3 is 18.9 Å². The Bertz CT molecular complexity index is 610. The van der Waals surface area contributed by atoms with Crippen molar-refractivity contribution in [2.24, 2.45) is 5.92 Å². The van der Waals surface area contributed by atoms with Crippen molar-refractivity contribution in [2.45, 2.75) is 38.3 Å². The van der Waals surface area contributed by atoms with Gasteiger partial charge in [0.2, 0.25) is 0 Å². The molecule has 2 fully saturated rings. The van der Waals surface area contributed by atoms with Gasteiger partial charge in [-0.3, -0.25) is 10.1 Å². The van der Waals surface area contributed by atoms with E-state index in [1.807, 2.05) is 13.8 Å². The minimum atomic E-state index is -0.596. The van der Waals surface area contributed by atoms with Gasteiger partial charge in [-0.15, -0.1) is 0 Å². The molecular formula is C16H20FNO6. The fourth-order valence-corrected chi connectivity index (χ4v) is 3.10. The van der Waals surface area contributed by atoms with Crippen LogP contribution in [0.25, 0.3) is 0 Å². The standard InChI is InChI=1S/C16H20FNO6/c1-9(2)24-14-8-23-15-10(7-22-16(14)15)6-21-13-5-11(17)3-4-12(13)18(19)20/h3-5,9-10,14-16H,6-8H2,1-2H3/t10?,14-,15-,16-/m1/s1. The molecule has 1 aromatic rings. The summed E-state index contributed by atoms with van der Waals surface area (Å²) >= 11 is 0. The molecule has 4 atom stereocenters. The summed E-state index contributed by atoms with van der Waals surface area (Å²) in [6, 6.07) is 3.15. The third-order valence-corrected chi connectivity index (χ3v) is 4.13. The summed E-state index contributed by atoms with van der Waals surface area (Å²) < 4.78 is 36.1. The lowest BCUT2D eigenvalue weighted by Crippen LogP contribution is -2.34. The molecule has 0 bridgehead atoms. The Hall–Kier alpha value is -1.77. The zero-order valence-corrected chi connectivity index (χ0v) is 13.5. The van der Waals surface area contributed by atoms with Crippen LogP contribution in [-0.2, 0) is 14.2 Å². The number of benzene rings is 1. The smallest absolute Gasteiger partial charge is 0.311 e. The zero-order chi connectivity index (χ0) is 17.3. The summed E-state index contributed by atoms with van der Waals surface area (Å²) in [5.41, 5.74) is -0.264. The molecule has 132 valence electrons. The van der Waals surface area contributed by atoms with Crippen molar-refractivity contribution in [3.8, 4) is 5.75 Å². The van der Waals surface area contributed by atoms with E-state index in [0.29, 0.717) is 13.2 Å². The molecule has 1 unspecified atom stereocenters. The molecule has 0 N–H and O–H groups in total. The van der Waals surface area contributed by atoms with Crippen LogP contribution in [0.4, 0.5) is 10.1 Å². The van der Waals surface area contributed by atoms with E-state index in [-0.39, 0.29) is 48.4 Å². The third-order valence-electron chi connectivity index (χ3n) is 4.13. The van der Waals surface area contributed by atoms with Crippen LogP contribution >= 0.6 is 0 Å². The van der Waals surface area contributed by atoms with E-state index >= 15 is 0 Å². The largest absolute Gasteiger partial charge is 0.486 e. The van der Waals surface area contributed by atoms with Gasteiger partial charge in [0.25, 0.3) is 0 Å². The molecule has 0 radical (unpaired) electrons. The maximum atomic E-state index is 13.3. The molecule has 2 aliphatic rings. The van der Waals surface area contributed by atoms with Crippen LogP contribution in [-0.4, -0.2) is 49.2 Å². The van der Waals surface area contributed by atoms with Gasteiger partial charge in [-0.25, -0.2) is 4.39 Å². The predicted molar refractivity (Wildman–Crippen MR) is 81.5 cm³/mol. The number of nitrogens with zero attached hydrogens (tertiary/aromatic N) is 1. The molecule has 7 nitrogen and oxygen atoms in total. The van der Waals surface area contributed by atoms with E-state index in [4.69, 9.17) is 18.9 Å². The minimum absolute atomic E-state index is 0.0752. The van der Waals surface area contributed by atoms with Crippen molar-refractivity contribution in [3.63, 3.8) is 0 Å². The lowest BCUT2D eigenvalue weighted by atomic mass is 10.0. The van der Waals surface area contributed by atoms with Gasteiger partial charge in [0.05, 0.1) is 37.0 Å². The fourth-order valence-electron chi connectivity index (χ4n) is 3.10. The Kier molecular flexibility index (Phi) is 4.98. The molecule has 8 heteroatoms. The van der Waals surface area contributed by atoms with Crippen molar-refractivity contribution in [3.05, 3.63) is 34.1 Å². The predicted octanol–water partition coefficient (Wildman–Crippen LogP) is 2.32. The van der Waals surface area contributed by atoms with Gasteiger partial charge in [0.1, 0.15) is 18.0 Å². The van der Waals surface area contributed by atoms with Crippen molar-refractivity contribution in [2.75, 3.05) is 19.8 Å². The number of halogens is 1. The van der Waals surface area contributed by atoms with Crippen LogP contribution in [0.1, 0.15) is 13.8 Å². The second kappa shape index (κ2) is 7.00. The van der Waals surface area contributed by atoms with E-state index in [1.165, 1.54) is 0 Å². The Morgan fingerprint density at radius 2 is 2.08 bits per heavy atom. The maximum absolute atomic E-state index is 13.3. The molecule has 0 saturated carbocycles. The van der Waals surface area contributed by atoms with Gasteiger partial charge in [-0.05, 0) is 19.9 Å². The van der Waals surface area contributed by atoms with Crippen LogP contribution in [0.15, 0.2) is 18.2 Å². The minimum Gasteiger partial charge on any atom is -0.486 e. The Morgan fingerprint density at radius 3 is 2.79 bits per heavy atom. The SMILES string of the molecule is CC(C)O[C@@H]1CO[C@@H]2C(COc3cc(F)ccc3[N+](=O)[O-])CO[C@@H]21. The Balaban J connectivity index is 1.63. The molecule has 2 aliphatic heterocycles. The summed E-state index contributed by atoms with van der Waals surface area (Å²) in [7, 11) is 0. The first-order valence-corrected chi connectivity index (χ1v) is 7.91. The van der Waals surface area contributed by atoms with E-state index < -0.39 is 10.7 Å². The highest BCUT2D eigenvalue weighted by molar-refractivity contribution is 5.46. The highest BCUT2D eigenvalue weighted by Crippen LogP contribution is 2.34. The number of hydrogen-bond acceptors (Lipinski definition) is 6. The topological polar surface area (TPSA) is 80.1 Å². The summed E-state index contributed by atoms with van der Waals surface area (Å²) in [4.78, 5) is 10.4. The Morgan fingerprint density at radius 1 is 1.33 bits per heavy atom. The van der Waals surface area contributed by atoms with Crippen molar-refractivity contribution < 1.29 is 28.3 Å². The summed E-state index contributed by atoms with van der Waals surface area (Å²) in [6.07, 6.45) is -0.389. The average Bonchev–Trinajstić information content (AvgIpc) is 3.08. The number of rotatable bonds is 6.